The summed E-state index contributed by atoms with van der Waals surface area (Å²) in [7, 11) is 0. The predicted octanol–water partition coefficient (Wildman–Crippen LogP) is 0.929. The van der Waals surface area contributed by atoms with Crippen molar-refractivity contribution in [3.05, 3.63) is 24.0 Å². The molecule has 0 spiro atoms. The Bertz CT molecular complexity index is 503. The van der Waals surface area contributed by atoms with Crippen molar-refractivity contribution < 1.29 is 9.84 Å². The van der Waals surface area contributed by atoms with E-state index in [1.54, 1.807) is 18.2 Å². The van der Waals surface area contributed by atoms with E-state index in [1.165, 1.54) is 0 Å². The van der Waals surface area contributed by atoms with E-state index in [4.69, 9.17) is 4.74 Å². The molecule has 16 heavy (non-hydrogen) atoms. The highest BCUT2D eigenvalue weighted by atomic mass is 16.5. The fraction of sp³-hybridized carbons (Fsp3) is 0.364. The molecule has 0 bridgehead atoms. The van der Waals surface area contributed by atoms with Crippen LogP contribution in [-0.4, -0.2) is 34.8 Å². The first-order chi connectivity index (χ1) is 7.83. The number of nitrogens with zero attached hydrogens (tertiary/aromatic N) is 1. The SMILES string of the molecule is Oc1ccc2nc(C3CNCCO3)[nH]c2c1. The molecule has 1 fully saturated rings. The standard InChI is InChI=1S/C11H13N3O2/c15-7-1-2-8-9(5-7)14-11(13-8)10-6-12-3-4-16-10/h1-2,5,10,12,15H,3-4,6H2,(H,13,14). The van der Waals surface area contributed by atoms with Crippen LogP contribution in [0.1, 0.15) is 11.9 Å². The number of H-pyrrole nitrogens is 1. The Hall–Kier alpha value is -1.59. The molecule has 2 aromatic rings. The molecule has 1 aliphatic rings. The van der Waals surface area contributed by atoms with E-state index in [-0.39, 0.29) is 11.9 Å². The maximum absolute atomic E-state index is 9.36. The molecule has 5 heteroatoms. The van der Waals surface area contributed by atoms with Gasteiger partial charge in [0, 0.05) is 19.2 Å². The first kappa shape index (κ1) is 9.62. The van der Waals surface area contributed by atoms with Crippen LogP contribution in [0.15, 0.2) is 18.2 Å². The third-order valence-electron chi connectivity index (χ3n) is 2.72. The van der Waals surface area contributed by atoms with Crippen molar-refractivity contribution in [2.24, 2.45) is 0 Å². The van der Waals surface area contributed by atoms with Gasteiger partial charge in [-0.15, -0.1) is 0 Å². The van der Waals surface area contributed by atoms with Crippen molar-refractivity contribution in [1.29, 1.82) is 0 Å². The minimum Gasteiger partial charge on any atom is -0.508 e. The molecule has 0 aliphatic carbocycles. The van der Waals surface area contributed by atoms with Crippen LogP contribution in [0.5, 0.6) is 5.75 Å². The van der Waals surface area contributed by atoms with Crippen LogP contribution in [-0.2, 0) is 4.74 Å². The molecule has 2 heterocycles. The van der Waals surface area contributed by atoms with Crippen LogP contribution in [0.3, 0.4) is 0 Å². The van der Waals surface area contributed by atoms with Gasteiger partial charge in [0.2, 0.25) is 0 Å². The van der Waals surface area contributed by atoms with Gasteiger partial charge in [-0.2, -0.15) is 0 Å². The molecule has 1 aliphatic heterocycles. The van der Waals surface area contributed by atoms with Gasteiger partial charge in [-0.05, 0) is 12.1 Å². The van der Waals surface area contributed by atoms with Gasteiger partial charge in [0.15, 0.2) is 0 Å². The molecule has 3 rings (SSSR count). The summed E-state index contributed by atoms with van der Waals surface area (Å²) in [5.74, 6) is 1.05. The highest BCUT2D eigenvalue weighted by molar-refractivity contribution is 5.76. The molecule has 3 N–H and O–H groups in total. The molecule has 0 radical (unpaired) electrons. The smallest absolute Gasteiger partial charge is 0.137 e. The Morgan fingerprint density at radius 3 is 3.19 bits per heavy atom. The number of phenolic OH excluding ortho intramolecular Hbond substituents is 1. The highest BCUT2D eigenvalue weighted by Crippen LogP contribution is 2.22. The van der Waals surface area contributed by atoms with Gasteiger partial charge in [-0.25, -0.2) is 4.98 Å². The monoisotopic (exact) mass is 219 g/mol. The summed E-state index contributed by atoms with van der Waals surface area (Å²) < 4.78 is 5.61. The second-order valence-electron chi connectivity index (χ2n) is 3.89. The van der Waals surface area contributed by atoms with Gasteiger partial charge < -0.3 is 20.1 Å². The number of fused-ring (bicyclic) bond motifs is 1. The zero-order chi connectivity index (χ0) is 11.0. The average Bonchev–Trinajstić information content (AvgIpc) is 2.73. The van der Waals surface area contributed by atoms with Crippen molar-refractivity contribution in [2.45, 2.75) is 6.10 Å². The molecule has 1 atom stereocenters. The number of phenols is 1. The van der Waals surface area contributed by atoms with Gasteiger partial charge >= 0.3 is 0 Å². The summed E-state index contributed by atoms with van der Waals surface area (Å²) in [6.45, 7) is 2.36. The third-order valence-corrected chi connectivity index (χ3v) is 2.72. The van der Waals surface area contributed by atoms with E-state index >= 15 is 0 Å². The van der Waals surface area contributed by atoms with Crippen molar-refractivity contribution in [3.8, 4) is 5.75 Å². The number of aromatic nitrogens is 2. The van der Waals surface area contributed by atoms with E-state index in [1.807, 2.05) is 0 Å². The molecule has 84 valence electrons. The Kier molecular flexibility index (Phi) is 2.27. The number of rotatable bonds is 1. The molecule has 1 aromatic carbocycles. The number of hydrogen-bond acceptors (Lipinski definition) is 4. The summed E-state index contributed by atoms with van der Waals surface area (Å²) in [5, 5.41) is 12.6. The molecule has 0 amide bonds. The lowest BCUT2D eigenvalue weighted by Gasteiger charge is -2.21. The Balaban J connectivity index is 1.97. The molecular weight excluding hydrogens is 206 g/mol. The van der Waals surface area contributed by atoms with E-state index in [2.05, 4.69) is 15.3 Å². The number of morpholine rings is 1. The molecule has 5 nitrogen and oxygen atoms in total. The van der Waals surface area contributed by atoms with E-state index in [9.17, 15) is 5.11 Å². The van der Waals surface area contributed by atoms with Crippen LogP contribution < -0.4 is 5.32 Å². The van der Waals surface area contributed by atoms with Gasteiger partial charge in [0.05, 0.1) is 17.6 Å². The van der Waals surface area contributed by atoms with Crippen molar-refractivity contribution >= 4 is 11.0 Å². The lowest BCUT2D eigenvalue weighted by Crippen LogP contribution is -2.33. The maximum atomic E-state index is 9.36. The zero-order valence-electron chi connectivity index (χ0n) is 8.73. The minimum atomic E-state index is -0.0247. The molecular formula is C11H13N3O2. The lowest BCUT2D eigenvalue weighted by molar-refractivity contribution is 0.0228. The number of aromatic hydroxyl groups is 1. The molecule has 0 saturated carbocycles. The number of imidazole rings is 1. The largest absolute Gasteiger partial charge is 0.508 e. The van der Waals surface area contributed by atoms with E-state index in [0.717, 1.165) is 29.9 Å². The fourth-order valence-corrected chi connectivity index (χ4v) is 1.91. The quantitative estimate of drug-likeness (QED) is 0.667. The summed E-state index contributed by atoms with van der Waals surface area (Å²) in [6.07, 6.45) is -0.0247. The van der Waals surface area contributed by atoms with Crippen LogP contribution in [0.25, 0.3) is 11.0 Å². The second-order valence-corrected chi connectivity index (χ2v) is 3.89. The number of aromatic amines is 1. The second kappa shape index (κ2) is 3.77. The third kappa shape index (κ3) is 1.64. The van der Waals surface area contributed by atoms with E-state index in [0.29, 0.717) is 6.61 Å². The average molecular weight is 219 g/mol. The number of hydrogen-bond donors (Lipinski definition) is 3. The van der Waals surface area contributed by atoms with Gasteiger partial charge in [0.1, 0.15) is 17.7 Å². The normalized spacial score (nSPS) is 21.4. The number of benzene rings is 1. The predicted molar refractivity (Wildman–Crippen MR) is 59.3 cm³/mol. The molecule has 1 unspecified atom stereocenters. The topological polar surface area (TPSA) is 70.2 Å². The van der Waals surface area contributed by atoms with E-state index < -0.39 is 0 Å². The van der Waals surface area contributed by atoms with Crippen LogP contribution in [0.2, 0.25) is 0 Å². The van der Waals surface area contributed by atoms with Crippen molar-refractivity contribution in [2.75, 3.05) is 19.7 Å². The lowest BCUT2D eigenvalue weighted by atomic mass is 10.3. The van der Waals surface area contributed by atoms with Crippen LogP contribution in [0.4, 0.5) is 0 Å². The number of ether oxygens (including phenoxy) is 1. The number of nitrogens with one attached hydrogen (secondary N) is 2. The van der Waals surface area contributed by atoms with Gasteiger partial charge in [0.25, 0.3) is 0 Å². The summed E-state index contributed by atoms with van der Waals surface area (Å²) >= 11 is 0. The summed E-state index contributed by atoms with van der Waals surface area (Å²) in [6, 6.07) is 5.09. The Labute approximate surface area is 92.5 Å². The molecule has 1 aromatic heterocycles. The fourth-order valence-electron chi connectivity index (χ4n) is 1.91. The van der Waals surface area contributed by atoms with Gasteiger partial charge in [-0.1, -0.05) is 0 Å². The molecule has 1 saturated heterocycles. The van der Waals surface area contributed by atoms with Crippen LogP contribution in [0, 0.1) is 0 Å². The maximum Gasteiger partial charge on any atom is 0.137 e. The minimum absolute atomic E-state index is 0.0247. The van der Waals surface area contributed by atoms with Crippen molar-refractivity contribution in [3.63, 3.8) is 0 Å². The zero-order valence-corrected chi connectivity index (χ0v) is 8.73. The first-order valence-electron chi connectivity index (χ1n) is 5.34. The van der Waals surface area contributed by atoms with Crippen molar-refractivity contribution in [1.82, 2.24) is 15.3 Å². The summed E-state index contributed by atoms with van der Waals surface area (Å²) in [5.41, 5.74) is 1.69. The summed E-state index contributed by atoms with van der Waals surface area (Å²) in [4.78, 5) is 7.62. The Morgan fingerprint density at radius 2 is 2.38 bits per heavy atom. The Morgan fingerprint density at radius 1 is 1.44 bits per heavy atom. The first-order valence-corrected chi connectivity index (χ1v) is 5.34. The highest BCUT2D eigenvalue weighted by Gasteiger charge is 2.19. The van der Waals surface area contributed by atoms with Gasteiger partial charge in [-0.3, -0.25) is 0 Å². The van der Waals surface area contributed by atoms with Crippen LogP contribution >= 0.6 is 0 Å².